The van der Waals surface area contributed by atoms with Gasteiger partial charge in [0.15, 0.2) is 0 Å². The summed E-state index contributed by atoms with van der Waals surface area (Å²) in [6, 6.07) is 7.24. The second-order valence-electron chi connectivity index (χ2n) is 6.07. The SMILES string of the molecule is CC(C)(C)CC(O)CNCc1ccccc1C(N)=O. The number of carbonyl (C=O) groups excluding carboxylic acids is 1. The average Bonchev–Trinajstić information content (AvgIpc) is 2.27. The number of aliphatic hydroxyl groups excluding tert-OH is 1. The summed E-state index contributed by atoms with van der Waals surface area (Å²) >= 11 is 0. The molecule has 1 atom stereocenters. The van der Waals surface area contributed by atoms with Crippen molar-refractivity contribution in [2.45, 2.75) is 39.8 Å². The van der Waals surface area contributed by atoms with Gasteiger partial charge in [-0.2, -0.15) is 0 Å². The number of primary amides is 1. The van der Waals surface area contributed by atoms with Crippen LogP contribution < -0.4 is 11.1 Å². The third-order valence-electron chi connectivity index (χ3n) is 2.83. The molecule has 0 radical (unpaired) electrons. The number of carbonyl (C=O) groups is 1. The van der Waals surface area contributed by atoms with Crippen LogP contribution in [0.15, 0.2) is 24.3 Å². The van der Waals surface area contributed by atoms with Crippen LogP contribution in [-0.2, 0) is 6.54 Å². The van der Waals surface area contributed by atoms with E-state index in [1.807, 2.05) is 12.1 Å². The summed E-state index contributed by atoms with van der Waals surface area (Å²) in [6.07, 6.45) is 0.345. The minimum Gasteiger partial charge on any atom is -0.392 e. The molecule has 0 saturated carbocycles. The molecule has 0 spiro atoms. The Hall–Kier alpha value is -1.39. The molecule has 4 nitrogen and oxygen atoms in total. The summed E-state index contributed by atoms with van der Waals surface area (Å²) in [5.41, 5.74) is 6.80. The number of hydrogen-bond donors (Lipinski definition) is 3. The second-order valence-corrected chi connectivity index (χ2v) is 6.07. The van der Waals surface area contributed by atoms with E-state index in [-0.39, 0.29) is 11.5 Å². The van der Waals surface area contributed by atoms with Gasteiger partial charge in [0.1, 0.15) is 0 Å². The van der Waals surface area contributed by atoms with Gasteiger partial charge in [-0.05, 0) is 23.5 Å². The number of hydrogen-bond acceptors (Lipinski definition) is 3. The van der Waals surface area contributed by atoms with Gasteiger partial charge in [0.25, 0.3) is 0 Å². The predicted molar refractivity (Wildman–Crippen MR) is 76.7 cm³/mol. The predicted octanol–water partition coefficient (Wildman–Crippen LogP) is 1.67. The van der Waals surface area contributed by atoms with Crippen LogP contribution in [0.3, 0.4) is 0 Å². The molecule has 1 rings (SSSR count). The van der Waals surface area contributed by atoms with Crippen LogP contribution in [0.5, 0.6) is 0 Å². The van der Waals surface area contributed by atoms with E-state index in [9.17, 15) is 9.90 Å². The Morgan fingerprint density at radius 1 is 1.37 bits per heavy atom. The quantitative estimate of drug-likeness (QED) is 0.731. The zero-order valence-corrected chi connectivity index (χ0v) is 11.9. The van der Waals surface area contributed by atoms with E-state index in [2.05, 4.69) is 26.1 Å². The maximum Gasteiger partial charge on any atom is 0.249 e. The molecule has 0 aliphatic heterocycles. The van der Waals surface area contributed by atoms with Crippen molar-refractivity contribution in [3.63, 3.8) is 0 Å². The van der Waals surface area contributed by atoms with Crippen molar-refractivity contribution in [2.24, 2.45) is 11.1 Å². The zero-order valence-electron chi connectivity index (χ0n) is 11.9. The summed E-state index contributed by atoms with van der Waals surface area (Å²) in [5, 5.41) is 13.0. The van der Waals surface area contributed by atoms with E-state index in [1.165, 1.54) is 0 Å². The van der Waals surface area contributed by atoms with Gasteiger partial charge in [-0.25, -0.2) is 0 Å². The van der Waals surface area contributed by atoms with Crippen molar-refractivity contribution in [1.29, 1.82) is 0 Å². The lowest BCUT2D eigenvalue weighted by Gasteiger charge is -2.22. The van der Waals surface area contributed by atoms with Crippen LogP contribution in [0, 0.1) is 5.41 Å². The topological polar surface area (TPSA) is 75.3 Å². The Bertz CT molecular complexity index is 424. The van der Waals surface area contributed by atoms with Crippen molar-refractivity contribution < 1.29 is 9.90 Å². The van der Waals surface area contributed by atoms with Crippen molar-refractivity contribution >= 4 is 5.91 Å². The first-order chi connectivity index (χ1) is 8.79. The van der Waals surface area contributed by atoms with Crippen molar-refractivity contribution in [3.8, 4) is 0 Å². The fourth-order valence-electron chi connectivity index (χ4n) is 2.07. The summed E-state index contributed by atoms with van der Waals surface area (Å²) in [6.45, 7) is 7.32. The minimum absolute atomic E-state index is 0.103. The number of benzene rings is 1. The fourth-order valence-corrected chi connectivity index (χ4v) is 2.07. The molecule has 19 heavy (non-hydrogen) atoms. The third kappa shape index (κ3) is 5.85. The van der Waals surface area contributed by atoms with Crippen LogP contribution in [-0.4, -0.2) is 23.7 Å². The molecule has 0 bridgehead atoms. The zero-order chi connectivity index (χ0) is 14.5. The van der Waals surface area contributed by atoms with Crippen molar-refractivity contribution in [2.75, 3.05) is 6.54 Å². The van der Waals surface area contributed by atoms with Gasteiger partial charge < -0.3 is 16.2 Å². The number of nitrogens with two attached hydrogens (primary N) is 1. The molecule has 1 amide bonds. The number of rotatable bonds is 6. The van der Waals surface area contributed by atoms with Crippen LogP contribution in [0.2, 0.25) is 0 Å². The molecular weight excluding hydrogens is 240 g/mol. The summed E-state index contributed by atoms with van der Waals surface area (Å²) in [7, 11) is 0. The van der Waals surface area contributed by atoms with E-state index in [1.54, 1.807) is 12.1 Å². The molecule has 4 heteroatoms. The summed E-state index contributed by atoms with van der Waals surface area (Å²) in [5.74, 6) is -0.423. The highest BCUT2D eigenvalue weighted by atomic mass is 16.3. The Morgan fingerprint density at radius 3 is 2.58 bits per heavy atom. The van der Waals surface area contributed by atoms with Gasteiger partial charge in [0.05, 0.1) is 6.10 Å². The van der Waals surface area contributed by atoms with Gasteiger partial charge in [-0.3, -0.25) is 4.79 Å². The molecular formula is C15H24N2O2. The molecule has 1 aromatic rings. The molecule has 0 aliphatic carbocycles. The van der Waals surface area contributed by atoms with Gasteiger partial charge in [-0.1, -0.05) is 39.0 Å². The lowest BCUT2D eigenvalue weighted by Crippen LogP contribution is -2.30. The number of aliphatic hydroxyl groups is 1. The Balaban J connectivity index is 2.48. The van der Waals surface area contributed by atoms with Crippen LogP contribution in [0.4, 0.5) is 0 Å². The Morgan fingerprint density at radius 2 is 2.00 bits per heavy atom. The monoisotopic (exact) mass is 264 g/mol. The molecule has 4 N–H and O–H groups in total. The number of amides is 1. The van der Waals surface area contributed by atoms with Crippen LogP contribution >= 0.6 is 0 Å². The van der Waals surface area contributed by atoms with Crippen LogP contribution in [0.1, 0.15) is 43.1 Å². The van der Waals surface area contributed by atoms with E-state index in [0.29, 0.717) is 18.7 Å². The fraction of sp³-hybridized carbons (Fsp3) is 0.533. The van der Waals surface area contributed by atoms with E-state index in [0.717, 1.165) is 12.0 Å². The first-order valence-electron chi connectivity index (χ1n) is 6.56. The Kier molecular flexibility index (Phi) is 5.51. The lowest BCUT2D eigenvalue weighted by molar-refractivity contribution is 0.0999. The maximum atomic E-state index is 11.3. The normalized spacial score (nSPS) is 13.3. The van der Waals surface area contributed by atoms with Gasteiger partial charge in [-0.15, -0.1) is 0 Å². The third-order valence-corrected chi connectivity index (χ3v) is 2.83. The first kappa shape index (κ1) is 15.7. The summed E-state index contributed by atoms with van der Waals surface area (Å²) in [4.78, 5) is 11.3. The second kappa shape index (κ2) is 6.68. The number of nitrogens with one attached hydrogen (secondary N) is 1. The highest BCUT2D eigenvalue weighted by molar-refractivity contribution is 5.94. The maximum absolute atomic E-state index is 11.3. The molecule has 0 aliphatic rings. The molecule has 0 saturated heterocycles. The molecule has 0 aromatic heterocycles. The largest absolute Gasteiger partial charge is 0.392 e. The average molecular weight is 264 g/mol. The van der Waals surface area contributed by atoms with Gasteiger partial charge in [0, 0.05) is 18.7 Å². The van der Waals surface area contributed by atoms with E-state index < -0.39 is 5.91 Å². The highest BCUT2D eigenvalue weighted by Gasteiger charge is 2.16. The highest BCUT2D eigenvalue weighted by Crippen LogP contribution is 2.20. The van der Waals surface area contributed by atoms with Gasteiger partial charge in [0.2, 0.25) is 5.91 Å². The lowest BCUT2D eigenvalue weighted by atomic mass is 9.89. The standard InChI is InChI=1S/C15H24N2O2/c1-15(2,3)8-12(18)10-17-9-11-6-4-5-7-13(11)14(16)19/h4-7,12,17-18H,8-10H2,1-3H3,(H2,16,19). The first-order valence-corrected chi connectivity index (χ1v) is 6.56. The van der Waals surface area contributed by atoms with Crippen LogP contribution in [0.25, 0.3) is 0 Å². The molecule has 0 fully saturated rings. The van der Waals surface area contributed by atoms with Gasteiger partial charge >= 0.3 is 0 Å². The molecule has 1 unspecified atom stereocenters. The van der Waals surface area contributed by atoms with E-state index >= 15 is 0 Å². The van der Waals surface area contributed by atoms with Crippen molar-refractivity contribution in [1.82, 2.24) is 5.32 Å². The Labute approximate surface area is 115 Å². The summed E-state index contributed by atoms with van der Waals surface area (Å²) < 4.78 is 0. The minimum atomic E-state index is -0.423. The van der Waals surface area contributed by atoms with Crippen molar-refractivity contribution in [3.05, 3.63) is 35.4 Å². The smallest absolute Gasteiger partial charge is 0.249 e. The molecule has 0 heterocycles. The molecule has 106 valence electrons. The van der Waals surface area contributed by atoms with E-state index in [4.69, 9.17) is 5.73 Å². The molecule has 1 aromatic carbocycles.